The monoisotopic (exact) mass is 942 g/mol. The minimum atomic E-state index is 0.00415. The van der Waals surface area contributed by atoms with Gasteiger partial charge in [0.2, 0.25) is 0 Å². The summed E-state index contributed by atoms with van der Waals surface area (Å²) < 4.78 is 8.50. The van der Waals surface area contributed by atoms with Crippen molar-refractivity contribution in [1.29, 1.82) is 0 Å². The van der Waals surface area contributed by atoms with Crippen molar-refractivity contribution in [3.05, 3.63) is 163 Å². The average Bonchev–Trinajstić information content (AvgIpc) is 4.06. The Morgan fingerprint density at radius 3 is 1.69 bits per heavy atom. The lowest BCUT2D eigenvalue weighted by molar-refractivity contribution is -0.00527. The summed E-state index contributed by atoms with van der Waals surface area (Å²) in [5.74, 6) is 5.41. The van der Waals surface area contributed by atoms with E-state index in [1.165, 1.54) is 191 Å². The molecule has 72 heavy (non-hydrogen) atoms. The van der Waals surface area contributed by atoms with Crippen LogP contribution in [-0.2, 0) is 10.8 Å². The molecule has 0 unspecified atom stereocenters. The molecule has 8 fully saturated rings. The number of fused-ring (bicyclic) bond motifs is 14. The van der Waals surface area contributed by atoms with Gasteiger partial charge in [-0.3, -0.25) is 0 Å². The van der Waals surface area contributed by atoms with E-state index >= 15 is 0 Å². The number of benzene rings is 8. The summed E-state index contributed by atoms with van der Waals surface area (Å²) >= 11 is 2.05. The van der Waals surface area contributed by atoms with Crippen LogP contribution < -0.4 is 10.9 Å². The minimum absolute atomic E-state index is 0.00415. The second kappa shape index (κ2) is 13.4. The fourth-order valence-electron chi connectivity index (χ4n) is 19.5. The van der Waals surface area contributed by atoms with Crippen LogP contribution in [0.15, 0.2) is 152 Å². The van der Waals surface area contributed by atoms with Gasteiger partial charge in [-0.15, -0.1) is 11.3 Å². The molecule has 0 N–H and O–H groups in total. The maximum Gasteiger partial charge on any atom is 0.333 e. The van der Waals surface area contributed by atoms with E-state index in [1.807, 2.05) is 11.3 Å². The van der Waals surface area contributed by atoms with Crippen molar-refractivity contribution in [2.24, 2.45) is 35.5 Å². The van der Waals surface area contributed by atoms with Gasteiger partial charge in [0, 0.05) is 69.6 Å². The third kappa shape index (κ3) is 4.95. The molecule has 346 valence electrons. The predicted octanol–water partition coefficient (Wildman–Crippen LogP) is 16.5. The predicted molar refractivity (Wildman–Crippen MR) is 303 cm³/mol. The largest absolute Gasteiger partial charge is 0.375 e. The van der Waals surface area contributed by atoms with Crippen LogP contribution in [-0.4, -0.2) is 15.9 Å². The summed E-state index contributed by atoms with van der Waals surface area (Å²) in [6, 6.07) is 60.5. The van der Waals surface area contributed by atoms with Crippen molar-refractivity contribution >= 4 is 92.9 Å². The van der Waals surface area contributed by atoms with Gasteiger partial charge >= 0.3 is 6.85 Å². The van der Waals surface area contributed by atoms with Crippen LogP contribution in [0.3, 0.4) is 0 Å². The van der Waals surface area contributed by atoms with Gasteiger partial charge in [0.1, 0.15) is 0 Å². The molecule has 0 atom stereocenters. The second-order valence-corrected chi connectivity index (χ2v) is 26.3. The van der Waals surface area contributed by atoms with Crippen LogP contribution in [0.25, 0.3) is 103 Å². The van der Waals surface area contributed by atoms with Crippen LogP contribution >= 0.6 is 11.3 Å². The first-order valence-electron chi connectivity index (χ1n) is 27.8. The molecule has 3 aromatic heterocycles. The van der Waals surface area contributed by atoms with Crippen molar-refractivity contribution in [2.45, 2.75) is 87.9 Å². The zero-order chi connectivity index (χ0) is 46.3. The van der Waals surface area contributed by atoms with E-state index in [1.54, 1.807) is 11.1 Å². The van der Waals surface area contributed by atoms with Crippen LogP contribution in [0.2, 0.25) is 0 Å². The topological polar surface area (TPSA) is 9.86 Å². The van der Waals surface area contributed by atoms with Gasteiger partial charge in [0.15, 0.2) is 0 Å². The molecule has 8 bridgehead atoms. The Labute approximate surface area is 424 Å². The van der Waals surface area contributed by atoms with Crippen LogP contribution in [0.5, 0.6) is 0 Å². The zero-order valence-electron chi connectivity index (χ0n) is 40.8. The lowest BCUT2D eigenvalue weighted by Gasteiger charge is -2.57. The quantitative estimate of drug-likeness (QED) is 0.156. The SMILES string of the molecule is c1ccc(-c2ccc3c(c2)c2cc(-c4ccccc4)cc4c2n3-c2cc3c(sc5ccccc53)c3c2B4n2c4ccc(C56CC7CC(CC(C7)C5)C6)cc4c4cc(C56CC7CC(CC(C7)C5)C6)cc-3c42)cc1. The number of rotatable bonds is 4. The molecule has 0 saturated heterocycles. The van der Waals surface area contributed by atoms with Gasteiger partial charge in [-0.05, 0) is 222 Å². The third-order valence-electron chi connectivity index (χ3n) is 21.3. The highest BCUT2D eigenvalue weighted by molar-refractivity contribution is 7.26. The summed E-state index contributed by atoms with van der Waals surface area (Å²) in [5, 5.41) is 8.52. The standard InChI is InChI=1S/C68H55BN2S/c1-3-9-44(10-4-1)46-15-17-58-51(25-46)53-26-47(45-11-5-2-6-12-45)27-57-65(53)70(58)60-31-55-50-13-7-8-14-61(50)72-66(55)62-56-30-49(68-35-41-22-42(36-68)24-43(23-41)37-68)29-54-52-28-48(16-18-59(52)71(64(54)56)69(57)63(60)62)67-32-38-19-39(33-67)21-40(20-38)34-67/h1-18,25-31,38-43H,19-24,32-37H2. The van der Waals surface area contributed by atoms with Crippen molar-refractivity contribution in [2.75, 3.05) is 0 Å². The van der Waals surface area contributed by atoms with Crippen molar-refractivity contribution in [3.8, 4) is 39.1 Å². The summed E-state index contributed by atoms with van der Waals surface area (Å²) in [7, 11) is 0. The number of hydrogen-bond acceptors (Lipinski definition) is 1. The highest BCUT2D eigenvalue weighted by atomic mass is 32.1. The maximum atomic E-state index is 2.91. The smallest absolute Gasteiger partial charge is 0.333 e. The highest BCUT2D eigenvalue weighted by Gasteiger charge is 2.54. The molecule has 11 aromatic rings. The highest BCUT2D eigenvalue weighted by Crippen LogP contribution is 2.64. The van der Waals surface area contributed by atoms with Crippen LogP contribution in [0.4, 0.5) is 0 Å². The molecule has 8 saturated carbocycles. The van der Waals surface area contributed by atoms with Gasteiger partial charge in [-0.25, -0.2) is 0 Å². The summed E-state index contributed by atoms with van der Waals surface area (Å²) in [6.45, 7) is 0.00415. The molecule has 2 nitrogen and oxygen atoms in total. The first kappa shape index (κ1) is 39.2. The summed E-state index contributed by atoms with van der Waals surface area (Å²) in [5.41, 5.74) is 21.9. The van der Waals surface area contributed by atoms with E-state index in [0.717, 1.165) is 35.5 Å². The lowest BCUT2D eigenvalue weighted by atomic mass is 9.45. The maximum absolute atomic E-state index is 2.91. The zero-order valence-corrected chi connectivity index (χ0v) is 41.6. The Morgan fingerprint density at radius 1 is 0.431 bits per heavy atom. The van der Waals surface area contributed by atoms with Crippen molar-refractivity contribution in [3.63, 3.8) is 0 Å². The molecule has 0 spiro atoms. The Bertz CT molecular complexity index is 4170. The van der Waals surface area contributed by atoms with Gasteiger partial charge in [0.05, 0.1) is 11.0 Å². The fourth-order valence-corrected chi connectivity index (χ4v) is 20.7. The van der Waals surface area contributed by atoms with E-state index in [2.05, 4.69) is 161 Å². The molecular formula is C68H55BN2S. The molecule has 2 aliphatic heterocycles. The molecule has 8 aliphatic carbocycles. The number of aromatic nitrogens is 2. The molecule has 4 heteroatoms. The first-order valence-corrected chi connectivity index (χ1v) is 28.7. The van der Waals surface area contributed by atoms with E-state index in [-0.39, 0.29) is 12.3 Å². The molecule has 8 aromatic carbocycles. The minimum Gasteiger partial charge on any atom is -0.375 e. The van der Waals surface area contributed by atoms with Gasteiger partial charge < -0.3 is 9.05 Å². The second-order valence-electron chi connectivity index (χ2n) is 25.2. The summed E-state index contributed by atoms with van der Waals surface area (Å²) in [6.07, 6.45) is 17.2. The van der Waals surface area contributed by atoms with E-state index in [0.29, 0.717) is 5.41 Å². The van der Waals surface area contributed by atoms with Gasteiger partial charge in [-0.1, -0.05) is 97.1 Å². The Kier molecular flexibility index (Phi) is 7.31. The van der Waals surface area contributed by atoms with Crippen LogP contribution in [0, 0.1) is 35.5 Å². The average molecular weight is 943 g/mol. The van der Waals surface area contributed by atoms with Gasteiger partial charge in [0.25, 0.3) is 0 Å². The first-order chi connectivity index (χ1) is 35.5. The number of thiophene rings is 1. The molecule has 5 heterocycles. The Balaban J connectivity index is 0.979. The van der Waals surface area contributed by atoms with E-state index in [9.17, 15) is 0 Å². The molecule has 0 amide bonds. The third-order valence-corrected chi connectivity index (χ3v) is 22.5. The van der Waals surface area contributed by atoms with E-state index < -0.39 is 0 Å². The van der Waals surface area contributed by atoms with Crippen LogP contribution in [0.1, 0.15) is 88.2 Å². The molecule has 10 aliphatic rings. The van der Waals surface area contributed by atoms with Crippen molar-refractivity contribution < 1.29 is 0 Å². The normalized spacial score (nSPS) is 28.0. The van der Waals surface area contributed by atoms with E-state index in [4.69, 9.17) is 0 Å². The summed E-state index contributed by atoms with van der Waals surface area (Å²) in [4.78, 5) is 0. The fraction of sp³-hybridized carbons (Fsp3) is 0.294. The Morgan fingerprint density at radius 2 is 1.00 bits per heavy atom. The number of nitrogens with zero attached hydrogens (tertiary/aromatic N) is 2. The lowest BCUT2D eigenvalue weighted by Crippen LogP contribution is -2.55. The molecule has 0 radical (unpaired) electrons. The Hall–Kier alpha value is -6.36. The van der Waals surface area contributed by atoms with Crippen molar-refractivity contribution in [1.82, 2.24) is 9.05 Å². The van der Waals surface area contributed by atoms with Gasteiger partial charge in [-0.2, -0.15) is 0 Å². The molecular weight excluding hydrogens is 888 g/mol. The number of hydrogen-bond donors (Lipinski definition) is 0. The molecule has 21 rings (SSSR count).